The Morgan fingerprint density at radius 1 is 1.20 bits per heavy atom. The minimum absolute atomic E-state index is 0.0643. The zero-order chi connectivity index (χ0) is 23.9. The summed E-state index contributed by atoms with van der Waals surface area (Å²) >= 11 is 0. The molecule has 7 heteroatoms. The fourth-order valence-corrected chi connectivity index (χ4v) is 5.48. The van der Waals surface area contributed by atoms with Crippen molar-refractivity contribution in [3.63, 3.8) is 0 Å². The van der Waals surface area contributed by atoms with E-state index in [0.717, 1.165) is 65.0 Å². The van der Waals surface area contributed by atoms with Gasteiger partial charge in [0.2, 0.25) is 11.8 Å². The number of aromatic amines is 1. The SMILES string of the molecule is COc1ccc(-c2cc(C)cc3c2O[C@@H](CNC(=O)[C@@H]2CCCc4c2[nH]c2ccccc42)C3)nn1. The number of rotatable bonds is 5. The molecule has 3 heterocycles. The van der Waals surface area contributed by atoms with E-state index in [2.05, 4.69) is 57.8 Å². The number of H-pyrrole nitrogens is 1. The molecule has 2 aromatic heterocycles. The number of aryl methyl sites for hydroxylation is 2. The zero-order valence-electron chi connectivity index (χ0n) is 19.9. The van der Waals surface area contributed by atoms with Gasteiger partial charge in [-0.1, -0.05) is 24.3 Å². The van der Waals surface area contributed by atoms with Crippen LogP contribution in [0.15, 0.2) is 48.5 Å². The first-order chi connectivity index (χ1) is 17.1. The largest absolute Gasteiger partial charge is 0.487 e. The molecule has 4 aromatic rings. The van der Waals surface area contributed by atoms with Gasteiger partial charge in [0, 0.05) is 34.6 Å². The van der Waals surface area contributed by atoms with Gasteiger partial charge in [0.05, 0.1) is 25.3 Å². The van der Waals surface area contributed by atoms with Crippen LogP contribution in [0.1, 0.15) is 41.1 Å². The summed E-state index contributed by atoms with van der Waals surface area (Å²) in [5.41, 5.74) is 7.39. The molecule has 6 rings (SSSR count). The molecule has 0 saturated carbocycles. The summed E-state index contributed by atoms with van der Waals surface area (Å²) in [5.74, 6) is 1.21. The Hall–Kier alpha value is -3.87. The van der Waals surface area contributed by atoms with Gasteiger partial charge in [-0.25, -0.2) is 0 Å². The smallest absolute Gasteiger partial charge is 0.233 e. The van der Waals surface area contributed by atoms with Gasteiger partial charge in [0.15, 0.2) is 0 Å². The molecular weight excluding hydrogens is 440 g/mol. The zero-order valence-corrected chi connectivity index (χ0v) is 19.9. The molecule has 35 heavy (non-hydrogen) atoms. The molecule has 2 N–H and O–H groups in total. The summed E-state index contributed by atoms with van der Waals surface area (Å²) in [7, 11) is 1.57. The summed E-state index contributed by atoms with van der Waals surface area (Å²) in [6.07, 6.45) is 3.52. The van der Waals surface area contributed by atoms with Crippen LogP contribution in [0.4, 0.5) is 0 Å². The van der Waals surface area contributed by atoms with Gasteiger partial charge in [-0.3, -0.25) is 4.79 Å². The lowest BCUT2D eigenvalue weighted by molar-refractivity contribution is -0.123. The number of nitrogens with zero attached hydrogens (tertiary/aromatic N) is 2. The van der Waals surface area contributed by atoms with Crippen LogP contribution >= 0.6 is 0 Å². The molecule has 0 bridgehead atoms. The van der Waals surface area contributed by atoms with E-state index in [1.807, 2.05) is 12.1 Å². The van der Waals surface area contributed by atoms with Crippen molar-refractivity contribution in [3.8, 4) is 22.9 Å². The van der Waals surface area contributed by atoms with Gasteiger partial charge < -0.3 is 19.8 Å². The topological polar surface area (TPSA) is 89.1 Å². The third-order valence-electron chi connectivity index (χ3n) is 7.10. The predicted molar refractivity (Wildman–Crippen MR) is 134 cm³/mol. The van der Waals surface area contributed by atoms with E-state index in [-0.39, 0.29) is 17.9 Å². The van der Waals surface area contributed by atoms with Crippen LogP contribution < -0.4 is 14.8 Å². The molecule has 0 unspecified atom stereocenters. The number of hydrogen-bond acceptors (Lipinski definition) is 5. The van der Waals surface area contributed by atoms with Gasteiger partial charge in [0.1, 0.15) is 11.9 Å². The number of benzene rings is 2. The number of carbonyl (C=O) groups excluding carboxylic acids is 1. The highest BCUT2D eigenvalue weighted by Crippen LogP contribution is 2.40. The number of methoxy groups -OCH3 is 1. The molecule has 1 aliphatic heterocycles. The second kappa shape index (κ2) is 8.73. The number of nitrogens with one attached hydrogen (secondary N) is 2. The summed E-state index contributed by atoms with van der Waals surface area (Å²) in [5, 5.41) is 12.8. The van der Waals surface area contributed by atoms with Crippen molar-refractivity contribution in [1.82, 2.24) is 20.5 Å². The molecule has 0 radical (unpaired) electrons. The molecule has 7 nitrogen and oxygen atoms in total. The molecule has 2 aliphatic rings. The summed E-state index contributed by atoms with van der Waals surface area (Å²) in [6.45, 7) is 2.53. The van der Waals surface area contributed by atoms with Crippen molar-refractivity contribution in [2.45, 2.75) is 44.6 Å². The average Bonchev–Trinajstić information content (AvgIpc) is 3.47. The van der Waals surface area contributed by atoms with Gasteiger partial charge >= 0.3 is 0 Å². The monoisotopic (exact) mass is 468 g/mol. The number of hydrogen-bond donors (Lipinski definition) is 2. The van der Waals surface area contributed by atoms with Gasteiger partial charge in [-0.2, -0.15) is 0 Å². The fourth-order valence-electron chi connectivity index (χ4n) is 5.48. The number of ether oxygens (including phenoxy) is 2. The average molecular weight is 469 g/mol. The maximum absolute atomic E-state index is 13.3. The lowest BCUT2D eigenvalue weighted by atomic mass is 9.86. The molecule has 0 spiro atoms. The van der Waals surface area contributed by atoms with Gasteiger partial charge in [-0.05, 0) is 61.1 Å². The standard InChI is InChI=1S/C28H28N4O3/c1-16-12-17-14-18(35-27(17)22(13-16)24-10-11-25(34-2)32-31-24)15-29-28(33)21-8-5-7-20-19-6-3-4-9-23(19)30-26(20)21/h3-4,6,9-13,18,21,30H,5,7-8,14-15H2,1-2H3,(H,29,33)/t18-,21-/m1/s1. The molecule has 178 valence electrons. The van der Waals surface area contributed by atoms with E-state index in [9.17, 15) is 4.79 Å². The quantitative estimate of drug-likeness (QED) is 0.451. The first-order valence-corrected chi connectivity index (χ1v) is 12.2. The second-order valence-corrected chi connectivity index (χ2v) is 9.46. The summed E-state index contributed by atoms with van der Waals surface area (Å²) < 4.78 is 11.5. The van der Waals surface area contributed by atoms with Crippen LogP contribution in [0.3, 0.4) is 0 Å². The van der Waals surface area contributed by atoms with E-state index < -0.39 is 0 Å². The fraction of sp³-hybridized carbons (Fsp3) is 0.321. The minimum atomic E-state index is -0.151. The lowest BCUT2D eigenvalue weighted by Crippen LogP contribution is -2.38. The van der Waals surface area contributed by atoms with E-state index in [0.29, 0.717) is 12.4 Å². The molecule has 1 aliphatic carbocycles. The van der Waals surface area contributed by atoms with Crippen molar-refractivity contribution in [2.75, 3.05) is 13.7 Å². The van der Waals surface area contributed by atoms with Crippen LogP contribution in [0, 0.1) is 6.92 Å². The van der Waals surface area contributed by atoms with Gasteiger partial charge in [-0.15, -0.1) is 10.2 Å². The van der Waals surface area contributed by atoms with Crippen molar-refractivity contribution in [2.24, 2.45) is 0 Å². The lowest BCUT2D eigenvalue weighted by Gasteiger charge is -2.23. The van der Waals surface area contributed by atoms with E-state index in [4.69, 9.17) is 9.47 Å². The van der Waals surface area contributed by atoms with Crippen LogP contribution in [-0.4, -0.2) is 40.8 Å². The highest BCUT2D eigenvalue weighted by Gasteiger charge is 2.32. The van der Waals surface area contributed by atoms with E-state index >= 15 is 0 Å². The molecule has 2 atom stereocenters. The Kier molecular flexibility index (Phi) is 5.40. The Morgan fingerprint density at radius 2 is 2.09 bits per heavy atom. The molecular formula is C28H28N4O3. The maximum atomic E-state index is 13.3. The highest BCUT2D eigenvalue weighted by atomic mass is 16.5. The number of aromatic nitrogens is 3. The minimum Gasteiger partial charge on any atom is -0.487 e. The van der Waals surface area contributed by atoms with Crippen LogP contribution in [0.5, 0.6) is 11.6 Å². The van der Waals surface area contributed by atoms with Crippen molar-refractivity contribution >= 4 is 16.8 Å². The highest BCUT2D eigenvalue weighted by molar-refractivity contribution is 5.90. The van der Waals surface area contributed by atoms with Crippen LogP contribution in [-0.2, 0) is 17.6 Å². The van der Waals surface area contributed by atoms with Gasteiger partial charge in [0.25, 0.3) is 0 Å². The third-order valence-corrected chi connectivity index (χ3v) is 7.10. The predicted octanol–water partition coefficient (Wildman–Crippen LogP) is 4.48. The molecule has 2 aromatic carbocycles. The number of fused-ring (bicyclic) bond motifs is 4. The van der Waals surface area contributed by atoms with Crippen molar-refractivity contribution < 1.29 is 14.3 Å². The Morgan fingerprint density at radius 3 is 2.91 bits per heavy atom. The summed E-state index contributed by atoms with van der Waals surface area (Å²) in [6, 6.07) is 16.2. The maximum Gasteiger partial charge on any atom is 0.233 e. The molecule has 0 saturated heterocycles. The van der Waals surface area contributed by atoms with E-state index in [1.165, 1.54) is 10.9 Å². The summed E-state index contributed by atoms with van der Waals surface area (Å²) in [4.78, 5) is 16.8. The first kappa shape index (κ1) is 21.6. The van der Waals surface area contributed by atoms with Crippen molar-refractivity contribution in [3.05, 3.63) is 70.9 Å². The van der Waals surface area contributed by atoms with E-state index in [1.54, 1.807) is 13.2 Å². The second-order valence-electron chi connectivity index (χ2n) is 9.46. The van der Waals surface area contributed by atoms with Crippen molar-refractivity contribution in [1.29, 1.82) is 0 Å². The normalized spacial score (nSPS) is 18.6. The molecule has 0 fully saturated rings. The number of amides is 1. The van der Waals surface area contributed by atoms with Crippen LogP contribution in [0.2, 0.25) is 0 Å². The first-order valence-electron chi connectivity index (χ1n) is 12.2. The third kappa shape index (κ3) is 3.91. The molecule has 1 amide bonds. The van der Waals surface area contributed by atoms with Crippen LogP contribution in [0.25, 0.3) is 22.2 Å². The Balaban J connectivity index is 1.17. The number of carbonyl (C=O) groups is 1. The Bertz CT molecular complexity index is 1410. The number of para-hydroxylation sites is 1. The Labute approximate surface area is 203 Å².